The van der Waals surface area contributed by atoms with Crippen molar-refractivity contribution in [2.24, 2.45) is 4.99 Å². The molecule has 0 bridgehead atoms. The number of halogens is 2. The standard InChI is InChI=1S/C14H21F2N3O2/c1-18(2)14(19(3)4)17-9-10-8-11(20-5)6-7-12(10)21-13(15)16/h6-8,13H,9H2,1-5H3. The van der Waals surface area contributed by atoms with Crippen molar-refractivity contribution in [1.82, 2.24) is 9.80 Å². The van der Waals surface area contributed by atoms with Crippen molar-refractivity contribution in [2.75, 3.05) is 35.3 Å². The molecule has 0 saturated carbocycles. The van der Waals surface area contributed by atoms with Crippen LogP contribution in [0.5, 0.6) is 11.5 Å². The Morgan fingerprint density at radius 3 is 2.29 bits per heavy atom. The van der Waals surface area contributed by atoms with Gasteiger partial charge in [0.05, 0.1) is 13.7 Å². The van der Waals surface area contributed by atoms with Gasteiger partial charge in [0, 0.05) is 33.8 Å². The molecular formula is C14H21F2N3O2. The van der Waals surface area contributed by atoms with Crippen molar-refractivity contribution in [3.05, 3.63) is 23.8 Å². The van der Waals surface area contributed by atoms with E-state index < -0.39 is 6.61 Å². The third kappa shape index (κ3) is 5.09. The van der Waals surface area contributed by atoms with Crippen LogP contribution in [-0.4, -0.2) is 57.7 Å². The highest BCUT2D eigenvalue weighted by Crippen LogP contribution is 2.26. The molecule has 1 aromatic rings. The fourth-order valence-electron chi connectivity index (χ4n) is 1.86. The van der Waals surface area contributed by atoms with E-state index in [4.69, 9.17) is 4.74 Å². The van der Waals surface area contributed by atoms with Crippen LogP contribution in [-0.2, 0) is 6.54 Å². The largest absolute Gasteiger partial charge is 0.497 e. The average molecular weight is 301 g/mol. The molecule has 0 spiro atoms. The van der Waals surface area contributed by atoms with Gasteiger partial charge in [-0.3, -0.25) is 0 Å². The lowest BCUT2D eigenvalue weighted by molar-refractivity contribution is -0.0504. The van der Waals surface area contributed by atoms with Crippen LogP contribution < -0.4 is 9.47 Å². The molecule has 0 aromatic heterocycles. The summed E-state index contributed by atoms with van der Waals surface area (Å²) in [5.41, 5.74) is 0.538. The Bertz CT molecular complexity index is 481. The highest BCUT2D eigenvalue weighted by atomic mass is 19.3. The zero-order valence-electron chi connectivity index (χ0n) is 12.9. The zero-order valence-corrected chi connectivity index (χ0v) is 12.9. The number of rotatable bonds is 5. The molecule has 0 saturated heterocycles. The van der Waals surface area contributed by atoms with Gasteiger partial charge in [-0.25, -0.2) is 4.99 Å². The Morgan fingerprint density at radius 2 is 1.81 bits per heavy atom. The van der Waals surface area contributed by atoms with Gasteiger partial charge < -0.3 is 19.3 Å². The molecule has 7 heteroatoms. The number of hydrogen-bond acceptors (Lipinski definition) is 3. The molecule has 0 unspecified atom stereocenters. The Kier molecular flexibility index (Phi) is 6.20. The third-order valence-electron chi connectivity index (χ3n) is 2.67. The van der Waals surface area contributed by atoms with Crippen molar-refractivity contribution < 1.29 is 18.3 Å². The molecule has 21 heavy (non-hydrogen) atoms. The molecule has 1 aromatic carbocycles. The number of hydrogen-bond donors (Lipinski definition) is 0. The van der Waals surface area contributed by atoms with Gasteiger partial charge >= 0.3 is 6.61 Å². The first-order valence-corrected chi connectivity index (χ1v) is 6.36. The molecule has 0 heterocycles. The zero-order chi connectivity index (χ0) is 16.0. The topological polar surface area (TPSA) is 37.3 Å². The minimum Gasteiger partial charge on any atom is -0.497 e. The Labute approximate surface area is 123 Å². The van der Waals surface area contributed by atoms with E-state index in [1.54, 1.807) is 12.1 Å². The Morgan fingerprint density at radius 1 is 1.19 bits per heavy atom. The molecule has 1 rings (SSSR count). The summed E-state index contributed by atoms with van der Waals surface area (Å²) in [6.07, 6.45) is 0. The van der Waals surface area contributed by atoms with Crippen LogP contribution >= 0.6 is 0 Å². The van der Waals surface area contributed by atoms with Gasteiger partial charge in [-0.15, -0.1) is 0 Å². The van der Waals surface area contributed by atoms with Crippen molar-refractivity contribution in [1.29, 1.82) is 0 Å². The van der Waals surface area contributed by atoms with E-state index in [1.165, 1.54) is 13.2 Å². The van der Waals surface area contributed by atoms with Crippen molar-refractivity contribution in [3.63, 3.8) is 0 Å². The predicted octanol–water partition coefficient (Wildman–Crippen LogP) is 2.28. The van der Waals surface area contributed by atoms with Crippen LogP contribution in [0.15, 0.2) is 23.2 Å². The fraction of sp³-hybridized carbons (Fsp3) is 0.500. The first-order valence-electron chi connectivity index (χ1n) is 6.36. The predicted molar refractivity (Wildman–Crippen MR) is 78.1 cm³/mol. The van der Waals surface area contributed by atoms with Gasteiger partial charge in [-0.1, -0.05) is 0 Å². The fourth-order valence-corrected chi connectivity index (χ4v) is 1.86. The Hall–Kier alpha value is -2.05. The molecule has 5 nitrogen and oxygen atoms in total. The third-order valence-corrected chi connectivity index (χ3v) is 2.67. The average Bonchev–Trinajstić information content (AvgIpc) is 2.39. The lowest BCUT2D eigenvalue weighted by Gasteiger charge is -2.22. The maximum Gasteiger partial charge on any atom is 0.387 e. The van der Waals surface area contributed by atoms with Gasteiger partial charge in [0.2, 0.25) is 0 Å². The van der Waals surface area contributed by atoms with Crippen molar-refractivity contribution in [2.45, 2.75) is 13.2 Å². The molecule has 0 aliphatic heterocycles. The van der Waals surface area contributed by atoms with Crippen LogP contribution in [0.25, 0.3) is 0 Å². The lowest BCUT2D eigenvalue weighted by Crippen LogP contribution is -2.35. The van der Waals surface area contributed by atoms with Crippen molar-refractivity contribution >= 4 is 5.96 Å². The second-order valence-electron chi connectivity index (χ2n) is 4.76. The number of methoxy groups -OCH3 is 1. The molecule has 0 aliphatic rings. The highest BCUT2D eigenvalue weighted by Gasteiger charge is 2.12. The summed E-state index contributed by atoms with van der Waals surface area (Å²) in [4.78, 5) is 8.11. The lowest BCUT2D eigenvalue weighted by atomic mass is 10.2. The molecule has 0 N–H and O–H groups in total. The van der Waals surface area contributed by atoms with Crippen molar-refractivity contribution in [3.8, 4) is 11.5 Å². The highest BCUT2D eigenvalue weighted by molar-refractivity contribution is 5.79. The van der Waals surface area contributed by atoms with E-state index in [-0.39, 0.29) is 12.3 Å². The van der Waals surface area contributed by atoms with Gasteiger partial charge in [-0.2, -0.15) is 8.78 Å². The smallest absolute Gasteiger partial charge is 0.387 e. The number of nitrogens with zero attached hydrogens (tertiary/aromatic N) is 3. The maximum atomic E-state index is 12.4. The van der Waals surface area contributed by atoms with E-state index in [1.807, 2.05) is 38.0 Å². The number of aliphatic imine (C=N–C) groups is 1. The monoisotopic (exact) mass is 301 g/mol. The Balaban J connectivity index is 3.06. The van der Waals surface area contributed by atoms with E-state index in [0.717, 1.165) is 5.96 Å². The summed E-state index contributed by atoms with van der Waals surface area (Å²) in [5, 5.41) is 0. The van der Waals surface area contributed by atoms with Crippen LogP contribution in [0, 0.1) is 0 Å². The summed E-state index contributed by atoms with van der Waals surface area (Å²) in [6, 6.07) is 4.68. The first kappa shape index (κ1) is 17.0. The molecule has 118 valence electrons. The SMILES string of the molecule is COc1ccc(OC(F)F)c(CN=C(N(C)C)N(C)C)c1. The van der Waals surface area contributed by atoms with Gasteiger partial charge in [-0.05, 0) is 18.2 Å². The number of guanidine groups is 1. The van der Waals surface area contributed by atoms with E-state index in [0.29, 0.717) is 11.3 Å². The number of ether oxygens (including phenoxy) is 2. The normalized spacial score (nSPS) is 10.3. The number of benzene rings is 1. The molecule has 0 radical (unpaired) electrons. The van der Waals surface area contributed by atoms with Gasteiger partial charge in [0.15, 0.2) is 5.96 Å². The second kappa shape index (κ2) is 7.66. The first-order chi connectivity index (χ1) is 9.85. The molecule has 0 aliphatic carbocycles. The summed E-state index contributed by atoms with van der Waals surface area (Å²) < 4.78 is 34.5. The summed E-state index contributed by atoms with van der Waals surface area (Å²) >= 11 is 0. The summed E-state index contributed by atoms with van der Waals surface area (Å²) in [6.45, 7) is -2.66. The van der Waals surface area contributed by atoms with Crippen LogP contribution in [0.4, 0.5) is 8.78 Å². The molecule has 0 atom stereocenters. The van der Waals surface area contributed by atoms with E-state index in [9.17, 15) is 8.78 Å². The molecule has 0 fully saturated rings. The van der Waals surface area contributed by atoms with Crippen LogP contribution in [0.1, 0.15) is 5.56 Å². The van der Waals surface area contributed by atoms with E-state index >= 15 is 0 Å². The summed E-state index contributed by atoms with van der Waals surface area (Å²) in [7, 11) is 8.96. The van der Waals surface area contributed by atoms with Gasteiger partial charge in [0.1, 0.15) is 11.5 Å². The quantitative estimate of drug-likeness (QED) is 0.617. The summed E-state index contributed by atoms with van der Waals surface area (Å²) in [5.74, 6) is 1.39. The maximum absolute atomic E-state index is 12.4. The van der Waals surface area contributed by atoms with E-state index in [2.05, 4.69) is 9.73 Å². The molecule has 0 amide bonds. The van der Waals surface area contributed by atoms with Gasteiger partial charge in [0.25, 0.3) is 0 Å². The molecular weight excluding hydrogens is 280 g/mol. The minimum absolute atomic E-state index is 0.103. The van der Waals surface area contributed by atoms with Crippen LogP contribution in [0.3, 0.4) is 0 Å². The second-order valence-corrected chi connectivity index (χ2v) is 4.76. The minimum atomic E-state index is -2.87. The number of alkyl halides is 2. The van der Waals surface area contributed by atoms with Crippen LogP contribution in [0.2, 0.25) is 0 Å².